The van der Waals surface area contributed by atoms with Gasteiger partial charge in [-0.2, -0.15) is 0 Å². The quantitative estimate of drug-likeness (QED) is 0.861. The fourth-order valence-electron chi connectivity index (χ4n) is 1.69. The van der Waals surface area contributed by atoms with Crippen molar-refractivity contribution in [1.29, 1.82) is 0 Å². The molecular formula is C15H17ClN4O. The first-order chi connectivity index (χ1) is 10.2. The summed E-state index contributed by atoms with van der Waals surface area (Å²) in [6.07, 6.45) is 4.04. The molecule has 0 aliphatic rings. The third-order valence-corrected chi connectivity index (χ3v) is 3.04. The Bertz CT molecular complexity index is 601. The number of nitrogens with zero attached hydrogens (tertiary/aromatic N) is 2. The van der Waals surface area contributed by atoms with E-state index in [4.69, 9.17) is 11.6 Å². The fourth-order valence-corrected chi connectivity index (χ4v) is 1.81. The van der Waals surface area contributed by atoms with Crippen molar-refractivity contribution in [2.45, 2.75) is 19.9 Å². The maximum atomic E-state index is 12.0. The first-order valence-electron chi connectivity index (χ1n) is 6.77. The molecule has 0 atom stereocenters. The highest BCUT2D eigenvalue weighted by molar-refractivity contribution is 6.30. The van der Waals surface area contributed by atoms with Crippen molar-refractivity contribution in [2.75, 3.05) is 11.9 Å². The van der Waals surface area contributed by atoms with Crippen LogP contribution in [0.25, 0.3) is 0 Å². The van der Waals surface area contributed by atoms with Crippen LogP contribution in [0.3, 0.4) is 0 Å². The Balaban J connectivity index is 1.95. The van der Waals surface area contributed by atoms with Crippen molar-refractivity contribution >= 4 is 23.3 Å². The van der Waals surface area contributed by atoms with E-state index in [1.807, 2.05) is 12.1 Å². The van der Waals surface area contributed by atoms with Gasteiger partial charge >= 0.3 is 0 Å². The first kappa shape index (κ1) is 15.3. The minimum atomic E-state index is -0.252. The monoisotopic (exact) mass is 304 g/mol. The summed E-state index contributed by atoms with van der Waals surface area (Å²) in [6.45, 7) is 3.28. The summed E-state index contributed by atoms with van der Waals surface area (Å²) >= 11 is 5.82. The molecule has 0 saturated heterocycles. The van der Waals surface area contributed by atoms with Gasteiger partial charge in [0.25, 0.3) is 5.91 Å². The Morgan fingerprint density at radius 2 is 2.00 bits per heavy atom. The lowest BCUT2D eigenvalue weighted by Gasteiger charge is -2.07. The van der Waals surface area contributed by atoms with Gasteiger partial charge in [0.2, 0.25) is 0 Å². The zero-order valence-electron chi connectivity index (χ0n) is 11.8. The van der Waals surface area contributed by atoms with Crippen molar-refractivity contribution < 1.29 is 4.79 Å². The van der Waals surface area contributed by atoms with Crippen molar-refractivity contribution in [3.8, 4) is 0 Å². The van der Waals surface area contributed by atoms with E-state index in [-0.39, 0.29) is 5.91 Å². The van der Waals surface area contributed by atoms with Crippen molar-refractivity contribution in [3.63, 3.8) is 0 Å². The van der Waals surface area contributed by atoms with Crippen LogP contribution in [0.5, 0.6) is 0 Å². The second kappa shape index (κ2) is 7.59. The zero-order valence-corrected chi connectivity index (χ0v) is 12.5. The number of amides is 1. The average Bonchev–Trinajstić information content (AvgIpc) is 2.52. The van der Waals surface area contributed by atoms with Crippen LogP contribution < -0.4 is 10.6 Å². The SMILES string of the molecule is CCCNc1cncc(C(=O)NCc2ccc(Cl)cc2)n1. The Kier molecular flexibility index (Phi) is 5.51. The van der Waals surface area contributed by atoms with Crippen LogP contribution in [0.1, 0.15) is 29.4 Å². The van der Waals surface area contributed by atoms with Gasteiger partial charge in [0.15, 0.2) is 0 Å². The largest absolute Gasteiger partial charge is 0.369 e. The third-order valence-electron chi connectivity index (χ3n) is 2.79. The molecule has 6 heteroatoms. The second-order valence-corrected chi connectivity index (χ2v) is 4.96. The van der Waals surface area contributed by atoms with Crippen LogP contribution in [0, 0.1) is 0 Å². The molecule has 0 bridgehead atoms. The van der Waals surface area contributed by atoms with Gasteiger partial charge < -0.3 is 10.6 Å². The number of anilines is 1. The Morgan fingerprint density at radius 1 is 1.24 bits per heavy atom. The highest BCUT2D eigenvalue weighted by Gasteiger charge is 2.08. The molecule has 0 aliphatic heterocycles. The van der Waals surface area contributed by atoms with Gasteiger partial charge in [-0.1, -0.05) is 30.7 Å². The lowest BCUT2D eigenvalue weighted by atomic mass is 10.2. The molecule has 5 nitrogen and oxygen atoms in total. The van der Waals surface area contributed by atoms with Gasteiger partial charge in [0, 0.05) is 18.1 Å². The van der Waals surface area contributed by atoms with Crippen LogP contribution in [-0.2, 0) is 6.54 Å². The minimum Gasteiger partial charge on any atom is -0.369 e. The molecule has 0 saturated carbocycles. The molecule has 2 rings (SSSR count). The molecule has 21 heavy (non-hydrogen) atoms. The molecule has 0 aliphatic carbocycles. The summed E-state index contributed by atoms with van der Waals surface area (Å²) in [6, 6.07) is 7.32. The van der Waals surface area contributed by atoms with Gasteiger partial charge in [0.1, 0.15) is 11.5 Å². The number of hydrogen-bond donors (Lipinski definition) is 2. The van der Waals surface area contributed by atoms with E-state index in [1.54, 1.807) is 18.3 Å². The van der Waals surface area contributed by atoms with Crippen molar-refractivity contribution in [2.24, 2.45) is 0 Å². The number of aromatic nitrogens is 2. The van der Waals surface area contributed by atoms with Gasteiger partial charge in [-0.05, 0) is 24.1 Å². The summed E-state index contributed by atoms with van der Waals surface area (Å²) < 4.78 is 0. The number of nitrogens with one attached hydrogen (secondary N) is 2. The molecule has 1 aromatic heterocycles. The van der Waals surface area contributed by atoms with Crippen LogP contribution in [-0.4, -0.2) is 22.4 Å². The molecule has 0 fully saturated rings. The molecule has 0 radical (unpaired) electrons. The number of hydrogen-bond acceptors (Lipinski definition) is 4. The molecule has 110 valence electrons. The highest BCUT2D eigenvalue weighted by atomic mass is 35.5. The highest BCUT2D eigenvalue weighted by Crippen LogP contribution is 2.09. The van der Waals surface area contributed by atoms with E-state index in [2.05, 4.69) is 27.5 Å². The summed E-state index contributed by atoms with van der Waals surface area (Å²) in [5.41, 5.74) is 1.27. The summed E-state index contributed by atoms with van der Waals surface area (Å²) in [5.74, 6) is 0.355. The zero-order chi connectivity index (χ0) is 15.1. The number of rotatable bonds is 6. The molecule has 1 aromatic carbocycles. The third kappa shape index (κ3) is 4.72. The Morgan fingerprint density at radius 3 is 2.71 bits per heavy atom. The van der Waals surface area contributed by atoms with Crippen LogP contribution in [0.2, 0.25) is 5.02 Å². The van der Waals surface area contributed by atoms with E-state index in [0.29, 0.717) is 23.1 Å². The number of carbonyl (C=O) groups is 1. The smallest absolute Gasteiger partial charge is 0.271 e. The molecule has 0 unspecified atom stereocenters. The molecule has 1 amide bonds. The van der Waals surface area contributed by atoms with E-state index >= 15 is 0 Å². The predicted molar refractivity (Wildman–Crippen MR) is 83.4 cm³/mol. The topological polar surface area (TPSA) is 66.9 Å². The number of benzene rings is 1. The van der Waals surface area contributed by atoms with Gasteiger partial charge in [-0.25, -0.2) is 4.98 Å². The molecule has 2 N–H and O–H groups in total. The van der Waals surface area contributed by atoms with E-state index in [0.717, 1.165) is 18.5 Å². The summed E-state index contributed by atoms with van der Waals surface area (Å²) in [4.78, 5) is 20.3. The molecule has 2 aromatic rings. The van der Waals surface area contributed by atoms with Crippen LogP contribution in [0.4, 0.5) is 5.82 Å². The second-order valence-electron chi connectivity index (χ2n) is 4.53. The van der Waals surface area contributed by atoms with Gasteiger partial charge in [-0.3, -0.25) is 9.78 Å². The fraction of sp³-hybridized carbons (Fsp3) is 0.267. The maximum absolute atomic E-state index is 12.0. The van der Waals surface area contributed by atoms with E-state index < -0.39 is 0 Å². The predicted octanol–water partition coefficient (Wildman–Crippen LogP) is 2.88. The lowest BCUT2D eigenvalue weighted by molar-refractivity contribution is 0.0945. The Labute approximate surface area is 128 Å². The summed E-state index contributed by atoms with van der Waals surface area (Å²) in [7, 11) is 0. The lowest BCUT2D eigenvalue weighted by Crippen LogP contribution is -2.24. The van der Waals surface area contributed by atoms with Crippen molar-refractivity contribution in [1.82, 2.24) is 15.3 Å². The average molecular weight is 305 g/mol. The normalized spacial score (nSPS) is 10.2. The minimum absolute atomic E-state index is 0.252. The van der Waals surface area contributed by atoms with Gasteiger partial charge in [0.05, 0.1) is 12.4 Å². The van der Waals surface area contributed by atoms with E-state index in [9.17, 15) is 4.79 Å². The van der Waals surface area contributed by atoms with Crippen LogP contribution in [0.15, 0.2) is 36.7 Å². The van der Waals surface area contributed by atoms with Gasteiger partial charge in [-0.15, -0.1) is 0 Å². The standard InChI is InChI=1S/C15H17ClN4O/c1-2-7-18-14-10-17-9-13(20-14)15(21)19-8-11-3-5-12(16)6-4-11/h3-6,9-10H,2,7-8H2,1H3,(H,18,20)(H,19,21). The molecular weight excluding hydrogens is 288 g/mol. The van der Waals surface area contributed by atoms with Crippen molar-refractivity contribution in [3.05, 3.63) is 52.9 Å². The maximum Gasteiger partial charge on any atom is 0.271 e. The first-order valence-corrected chi connectivity index (χ1v) is 7.15. The molecule has 0 spiro atoms. The number of halogens is 1. The number of carbonyl (C=O) groups excluding carboxylic acids is 1. The van der Waals surface area contributed by atoms with Crippen LogP contribution >= 0.6 is 11.6 Å². The van der Waals surface area contributed by atoms with E-state index in [1.165, 1.54) is 6.20 Å². The summed E-state index contributed by atoms with van der Waals surface area (Å²) in [5, 5.41) is 6.58. The molecule has 1 heterocycles. The Hall–Kier alpha value is -2.14.